The van der Waals surface area contributed by atoms with Gasteiger partial charge in [0.05, 0.1) is 7.11 Å². The topological polar surface area (TPSA) is 60.5 Å². The average Bonchev–Trinajstić information content (AvgIpc) is 2.96. The summed E-state index contributed by atoms with van der Waals surface area (Å²) in [5.74, 6) is 0.470. The molecule has 0 saturated heterocycles. The van der Waals surface area contributed by atoms with E-state index < -0.39 is 6.10 Å². The number of nitrogens with zero attached hydrogens (tertiary/aromatic N) is 1. The summed E-state index contributed by atoms with van der Waals surface area (Å²) in [6, 6.07) is 7.98. The lowest BCUT2D eigenvalue weighted by Gasteiger charge is -2.13. The molecule has 1 aromatic heterocycles. The van der Waals surface area contributed by atoms with Crippen LogP contribution in [0.1, 0.15) is 16.8 Å². The molecule has 6 heteroatoms. The largest absolute Gasteiger partial charge is 0.481 e. The highest BCUT2D eigenvalue weighted by Crippen LogP contribution is 2.29. The van der Waals surface area contributed by atoms with Crippen LogP contribution in [0.3, 0.4) is 0 Å². The Morgan fingerprint density at radius 2 is 2.26 bits per heavy atom. The fourth-order valence-corrected chi connectivity index (χ4v) is 2.53. The molecule has 0 aliphatic carbocycles. The zero-order chi connectivity index (χ0) is 16.4. The number of aryl methyl sites for hydroxylation is 1. The number of ether oxygens (including phenoxy) is 2. The molecule has 0 spiro atoms. The molecule has 1 N–H and O–H groups in total. The van der Waals surface area contributed by atoms with E-state index in [1.807, 2.05) is 19.1 Å². The van der Waals surface area contributed by atoms with Crippen molar-refractivity contribution >= 4 is 5.91 Å². The summed E-state index contributed by atoms with van der Waals surface area (Å²) in [5, 5.41) is 2.81. The van der Waals surface area contributed by atoms with Gasteiger partial charge in [0.2, 0.25) is 5.88 Å². The number of halogens is 1. The first-order valence-electron chi connectivity index (χ1n) is 7.30. The van der Waals surface area contributed by atoms with Gasteiger partial charge in [0, 0.05) is 29.8 Å². The molecule has 1 aliphatic rings. The summed E-state index contributed by atoms with van der Waals surface area (Å²) in [5.41, 5.74) is 2.33. The Balaban J connectivity index is 1.63. The van der Waals surface area contributed by atoms with Crippen molar-refractivity contribution in [2.24, 2.45) is 0 Å². The lowest BCUT2D eigenvalue weighted by Crippen LogP contribution is -2.37. The second kappa shape index (κ2) is 6.24. The van der Waals surface area contributed by atoms with Crippen LogP contribution in [0.2, 0.25) is 0 Å². The van der Waals surface area contributed by atoms with Crippen molar-refractivity contribution in [3.63, 3.8) is 0 Å². The summed E-state index contributed by atoms with van der Waals surface area (Å²) in [6.07, 6.45) is -0.279. The Hall–Kier alpha value is -2.63. The maximum absolute atomic E-state index is 13.2. The normalized spacial score (nSPS) is 15.7. The molecule has 23 heavy (non-hydrogen) atoms. The quantitative estimate of drug-likeness (QED) is 0.939. The maximum Gasteiger partial charge on any atom is 0.261 e. The number of hydrogen-bond donors (Lipinski definition) is 1. The summed E-state index contributed by atoms with van der Waals surface area (Å²) in [6.45, 7) is 2.16. The number of rotatable bonds is 4. The van der Waals surface area contributed by atoms with Crippen molar-refractivity contribution in [2.45, 2.75) is 26.0 Å². The van der Waals surface area contributed by atoms with Gasteiger partial charge in [-0.05, 0) is 31.2 Å². The fourth-order valence-electron chi connectivity index (χ4n) is 2.53. The van der Waals surface area contributed by atoms with Gasteiger partial charge in [0.25, 0.3) is 5.91 Å². The molecule has 0 fully saturated rings. The number of nitrogens with one attached hydrogen (secondary N) is 1. The molecule has 1 unspecified atom stereocenters. The molecule has 2 heterocycles. The van der Waals surface area contributed by atoms with Gasteiger partial charge in [0.1, 0.15) is 11.6 Å². The Morgan fingerprint density at radius 1 is 1.43 bits per heavy atom. The van der Waals surface area contributed by atoms with Crippen LogP contribution in [0.4, 0.5) is 4.39 Å². The molecule has 0 radical (unpaired) electrons. The van der Waals surface area contributed by atoms with Crippen molar-refractivity contribution in [3.05, 3.63) is 53.0 Å². The van der Waals surface area contributed by atoms with Crippen molar-refractivity contribution in [1.29, 1.82) is 0 Å². The number of pyridine rings is 1. The maximum atomic E-state index is 13.2. The molecule has 1 amide bonds. The molecule has 0 saturated carbocycles. The number of fused-ring (bicyclic) bond motifs is 1. The van der Waals surface area contributed by atoms with Crippen LogP contribution < -0.4 is 14.8 Å². The predicted octanol–water partition coefficient (Wildman–Crippen LogP) is 2.16. The van der Waals surface area contributed by atoms with Crippen LogP contribution in [0.25, 0.3) is 0 Å². The van der Waals surface area contributed by atoms with E-state index >= 15 is 0 Å². The molecule has 2 aromatic rings. The Bertz CT molecular complexity index is 749. The van der Waals surface area contributed by atoms with E-state index in [2.05, 4.69) is 10.3 Å². The molecule has 0 bridgehead atoms. The molecular weight excluding hydrogens is 299 g/mol. The highest BCUT2D eigenvalue weighted by Gasteiger charge is 2.29. The number of carbonyl (C=O) groups excluding carboxylic acids is 1. The Labute approximate surface area is 133 Å². The second-order valence-electron chi connectivity index (χ2n) is 5.40. The van der Waals surface area contributed by atoms with E-state index in [1.54, 1.807) is 13.2 Å². The van der Waals surface area contributed by atoms with E-state index in [-0.39, 0.29) is 11.7 Å². The van der Waals surface area contributed by atoms with Crippen LogP contribution in [-0.4, -0.2) is 24.1 Å². The third-order valence-corrected chi connectivity index (χ3v) is 3.71. The number of amides is 1. The zero-order valence-electron chi connectivity index (χ0n) is 12.9. The first-order chi connectivity index (χ1) is 11.1. The SMILES string of the molecule is COc1nc(C)ccc1CNC(=O)C1Cc2cc(F)ccc2O1. The third kappa shape index (κ3) is 3.26. The van der Waals surface area contributed by atoms with Crippen LogP contribution in [0, 0.1) is 12.7 Å². The van der Waals surface area contributed by atoms with Gasteiger partial charge < -0.3 is 14.8 Å². The minimum Gasteiger partial charge on any atom is -0.481 e. The molecular formula is C17H17FN2O3. The van der Waals surface area contributed by atoms with E-state index in [4.69, 9.17) is 9.47 Å². The van der Waals surface area contributed by atoms with Crippen molar-refractivity contribution in [2.75, 3.05) is 7.11 Å². The van der Waals surface area contributed by atoms with Crippen LogP contribution in [-0.2, 0) is 17.8 Å². The van der Waals surface area contributed by atoms with Crippen LogP contribution in [0.15, 0.2) is 30.3 Å². The summed E-state index contributed by atoms with van der Waals surface area (Å²) in [7, 11) is 1.54. The third-order valence-electron chi connectivity index (χ3n) is 3.71. The van der Waals surface area contributed by atoms with Gasteiger partial charge in [-0.25, -0.2) is 9.37 Å². The standard InChI is InChI=1S/C17H17FN2O3/c1-10-3-4-11(17(20-10)22-2)9-19-16(21)15-8-12-7-13(18)5-6-14(12)23-15/h3-7,15H,8-9H2,1-2H3,(H,19,21). The Kier molecular flexibility index (Phi) is 4.14. The highest BCUT2D eigenvalue weighted by atomic mass is 19.1. The molecule has 5 nitrogen and oxygen atoms in total. The van der Waals surface area contributed by atoms with Crippen molar-refractivity contribution in [1.82, 2.24) is 10.3 Å². The van der Waals surface area contributed by atoms with Gasteiger partial charge >= 0.3 is 0 Å². The summed E-state index contributed by atoms with van der Waals surface area (Å²) < 4.78 is 24.0. The van der Waals surface area contributed by atoms with Gasteiger partial charge in [-0.1, -0.05) is 6.07 Å². The lowest BCUT2D eigenvalue weighted by molar-refractivity contribution is -0.127. The number of aromatic nitrogens is 1. The van der Waals surface area contributed by atoms with Crippen LogP contribution >= 0.6 is 0 Å². The number of hydrogen-bond acceptors (Lipinski definition) is 4. The first-order valence-corrected chi connectivity index (χ1v) is 7.30. The van der Waals surface area contributed by atoms with E-state index in [0.717, 1.165) is 11.3 Å². The van der Waals surface area contributed by atoms with Gasteiger partial charge in [-0.2, -0.15) is 0 Å². The molecule has 1 aliphatic heterocycles. The van der Waals surface area contributed by atoms with Gasteiger partial charge in [0.15, 0.2) is 6.10 Å². The molecule has 1 atom stereocenters. The van der Waals surface area contributed by atoms with Crippen LogP contribution in [0.5, 0.6) is 11.6 Å². The number of methoxy groups -OCH3 is 1. The molecule has 3 rings (SSSR count). The van der Waals surface area contributed by atoms with Gasteiger partial charge in [-0.3, -0.25) is 4.79 Å². The monoisotopic (exact) mass is 316 g/mol. The number of benzene rings is 1. The predicted molar refractivity (Wildman–Crippen MR) is 81.9 cm³/mol. The number of carbonyl (C=O) groups is 1. The molecule has 120 valence electrons. The van der Waals surface area contributed by atoms with Gasteiger partial charge in [-0.15, -0.1) is 0 Å². The van der Waals surface area contributed by atoms with Crippen molar-refractivity contribution < 1.29 is 18.7 Å². The Morgan fingerprint density at radius 3 is 3.04 bits per heavy atom. The molecule has 1 aromatic carbocycles. The average molecular weight is 316 g/mol. The lowest BCUT2D eigenvalue weighted by atomic mass is 10.1. The summed E-state index contributed by atoms with van der Waals surface area (Å²) in [4.78, 5) is 16.5. The first kappa shape index (κ1) is 15.3. The summed E-state index contributed by atoms with van der Waals surface area (Å²) >= 11 is 0. The minimum absolute atomic E-state index is 0.246. The second-order valence-corrected chi connectivity index (χ2v) is 5.40. The highest BCUT2D eigenvalue weighted by molar-refractivity contribution is 5.82. The van der Waals surface area contributed by atoms with E-state index in [1.165, 1.54) is 12.1 Å². The minimum atomic E-state index is -0.642. The van der Waals surface area contributed by atoms with E-state index in [9.17, 15) is 9.18 Å². The van der Waals surface area contributed by atoms with E-state index in [0.29, 0.717) is 30.2 Å². The van der Waals surface area contributed by atoms with Crippen molar-refractivity contribution in [3.8, 4) is 11.6 Å². The fraction of sp³-hybridized carbons (Fsp3) is 0.294. The smallest absolute Gasteiger partial charge is 0.261 e. The zero-order valence-corrected chi connectivity index (χ0v) is 12.9.